The summed E-state index contributed by atoms with van der Waals surface area (Å²) in [5.41, 5.74) is 2.15. The molecule has 0 spiro atoms. The number of hydrogen-bond donors (Lipinski definition) is 2. The number of nitro groups is 1. The van der Waals surface area contributed by atoms with Gasteiger partial charge >= 0.3 is 0 Å². The van der Waals surface area contributed by atoms with E-state index in [0.29, 0.717) is 18.1 Å². The predicted octanol–water partition coefficient (Wildman–Crippen LogP) is 3.56. The third-order valence-electron chi connectivity index (χ3n) is 3.79. The van der Waals surface area contributed by atoms with E-state index in [1.807, 2.05) is 25.1 Å². The highest BCUT2D eigenvalue weighted by Crippen LogP contribution is 2.24. The van der Waals surface area contributed by atoms with Crippen LogP contribution < -0.4 is 10.6 Å². The van der Waals surface area contributed by atoms with Crippen molar-refractivity contribution in [3.8, 4) is 0 Å². The van der Waals surface area contributed by atoms with Gasteiger partial charge in [0, 0.05) is 42.5 Å². The maximum Gasteiger partial charge on any atom is 0.270 e. The third-order valence-corrected chi connectivity index (χ3v) is 3.79. The summed E-state index contributed by atoms with van der Waals surface area (Å²) in [6, 6.07) is 13.1. The molecule has 1 amide bonds. The number of hydrogen-bond acceptors (Lipinski definition) is 6. The second kappa shape index (κ2) is 8.05. The Morgan fingerprint density at radius 3 is 2.74 bits per heavy atom. The number of rotatable bonds is 6. The molecule has 2 aromatic heterocycles. The zero-order valence-electron chi connectivity index (χ0n) is 14.5. The molecule has 0 atom stereocenters. The molecule has 1 aromatic carbocycles. The van der Waals surface area contributed by atoms with Crippen molar-refractivity contribution in [3.63, 3.8) is 0 Å². The molecule has 0 aliphatic carbocycles. The highest BCUT2D eigenvalue weighted by Gasteiger charge is 2.17. The van der Waals surface area contributed by atoms with Crippen LogP contribution in [0.15, 0.2) is 60.9 Å². The Hall–Kier alpha value is -3.81. The lowest BCUT2D eigenvalue weighted by molar-refractivity contribution is -0.384. The normalized spacial score (nSPS) is 10.3. The average molecular weight is 363 g/mol. The summed E-state index contributed by atoms with van der Waals surface area (Å²) in [5.74, 6) is -0.102. The second-order valence-corrected chi connectivity index (χ2v) is 5.82. The van der Waals surface area contributed by atoms with Gasteiger partial charge in [0.15, 0.2) is 0 Å². The van der Waals surface area contributed by atoms with Crippen LogP contribution in [-0.4, -0.2) is 20.8 Å². The monoisotopic (exact) mass is 363 g/mol. The van der Waals surface area contributed by atoms with Crippen LogP contribution in [0, 0.1) is 17.0 Å². The SMILES string of the molecule is Cc1cccc(NC(=O)c2cc([N+](=O)[O-])ccc2NCc2cccnc2)n1. The van der Waals surface area contributed by atoms with Crippen molar-refractivity contribution in [2.24, 2.45) is 0 Å². The van der Waals surface area contributed by atoms with Crippen LogP contribution in [0.3, 0.4) is 0 Å². The van der Waals surface area contributed by atoms with Crippen molar-refractivity contribution in [2.45, 2.75) is 13.5 Å². The molecule has 0 saturated heterocycles. The lowest BCUT2D eigenvalue weighted by Gasteiger charge is -2.12. The topological polar surface area (TPSA) is 110 Å². The zero-order valence-corrected chi connectivity index (χ0v) is 14.5. The molecule has 3 rings (SSSR count). The van der Waals surface area contributed by atoms with Crippen LogP contribution in [0.5, 0.6) is 0 Å². The second-order valence-electron chi connectivity index (χ2n) is 5.82. The highest BCUT2D eigenvalue weighted by molar-refractivity contribution is 6.08. The van der Waals surface area contributed by atoms with Crippen LogP contribution in [0.1, 0.15) is 21.6 Å². The molecule has 0 bridgehead atoms. The van der Waals surface area contributed by atoms with E-state index in [0.717, 1.165) is 11.3 Å². The third kappa shape index (κ3) is 4.63. The van der Waals surface area contributed by atoms with Gasteiger partial charge < -0.3 is 10.6 Å². The number of nitrogens with zero attached hydrogens (tertiary/aromatic N) is 3. The molecular formula is C19H17N5O3. The molecule has 3 aromatic rings. The number of non-ortho nitro benzene ring substituents is 1. The number of carbonyl (C=O) groups is 1. The minimum absolute atomic E-state index is 0.163. The minimum Gasteiger partial charge on any atom is -0.380 e. The lowest BCUT2D eigenvalue weighted by Crippen LogP contribution is -2.16. The fourth-order valence-corrected chi connectivity index (χ4v) is 2.48. The number of pyridine rings is 2. The molecule has 8 heteroatoms. The molecule has 2 heterocycles. The molecule has 8 nitrogen and oxygen atoms in total. The number of anilines is 2. The molecular weight excluding hydrogens is 346 g/mol. The Bertz CT molecular complexity index is 976. The molecule has 0 saturated carbocycles. The van der Waals surface area contributed by atoms with E-state index >= 15 is 0 Å². The van der Waals surface area contributed by atoms with Gasteiger partial charge in [0.25, 0.3) is 11.6 Å². The number of aryl methyl sites for hydroxylation is 1. The van der Waals surface area contributed by atoms with E-state index in [1.54, 1.807) is 24.5 Å². The van der Waals surface area contributed by atoms with Crippen molar-refractivity contribution in [3.05, 3.63) is 87.9 Å². The first kappa shape index (κ1) is 18.0. The molecule has 0 aliphatic heterocycles. The number of carbonyl (C=O) groups excluding carboxylic acids is 1. The maximum atomic E-state index is 12.7. The Kier molecular flexibility index (Phi) is 5.36. The molecule has 27 heavy (non-hydrogen) atoms. The van der Waals surface area contributed by atoms with Crippen molar-refractivity contribution in [2.75, 3.05) is 10.6 Å². The molecule has 0 aliphatic rings. The van der Waals surface area contributed by atoms with Gasteiger partial charge in [-0.1, -0.05) is 12.1 Å². The van der Waals surface area contributed by atoms with Gasteiger partial charge in [0.2, 0.25) is 0 Å². The predicted molar refractivity (Wildman–Crippen MR) is 102 cm³/mol. The Morgan fingerprint density at radius 2 is 2.04 bits per heavy atom. The summed E-state index contributed by atoms with van der Waals surface area (Å²) < 4.78 is 0. The van der Waals surface area contributed by atoms with E-state index in [2.05, 4.69) is 20.6 Å². The molecule has 0 fully saturated rings. The summed E-state index contributed by atoms with van der Waals surface area (Å²) in [7, 11) is 0. The Labute approximate surface area is 155 Å². The van der Waals surface area contributed by atoms with Crippen molar-refractivity contribution in [1.82, 2.24) is 9.97 Å². The molecule has 2 N–H and O–H groups in total. The van der Waals surface area contributed by atoms with Gasteiger partial charge in [-0.2, -0.15) is 0 Å². The van der Waals surface area contributed by atoms with E-state index in [4.69, 9.17) is 0 Å². The maximum absolute atomic E-state index is 12.7. The van der Waals surface area contributed by atoms with E-state index in [1.165, 1.54) is 18.2 Å². The van der Waals surface area contributed by atoms with E-state index in [9.17, 15) is 14.9 Å². The molecule has 0 radical (unpaired) electrons. The van der Waals surface area contributed by atoms with Crippen LogP contribution in [-0.2, 0) is 6.54 Å². The van der Waals surface area contributed by atoms with Gasteiger partial charge in [-0.25, -0.2) is 4.98 Å². The zero-order chi connectivity index (χ0) is 19.2. The number of amides is 1. The van der Waals surface area contributed by atoms with Crippen molar-refractivity contribution >= 4 is 23.1 Å². The minimum atomic E-state index is -0.535. The van der Waals surface area contributed by atoms with Crippen LogP contribution in [0.2, 0.25) is 0 Å². The first-order valence-electron chi connectivity index (χ1n) is 8.19. The highest BCUT2D eigenvalue weighted by atomic mass is 16.6. The standard InChI is InChI=1S/C19H17N5O3/c1-13-4-2-6-18(22-13)23-19(25)16-10-15(24(26)27)7-8-17(16)21-12-14-5-3-9-20-11-14/h2-11,21H,12H2,1H3,(H,22,23,25). The largest absolute Gasteiger partial charge is 0.380 e. The molecule has 136 valence electrons. The van der Waals surface area contributed by atoms with Crippen LogP contribution >= 0.6 is 0 Å². The van der Waals surface area contributed by atoms with E-state index < -0.39 is 10.8 Å². The van der Waals surface area contributed by atoms with Gasteiger partial charge in [-0.3, -0.25) is 19.9 Å². The molecule has 0 unspecified atom stereocenters. The van der Waals surface area contributed by atoms with Gasteiger partial charge in [-0.15, -0.1) is 0 Å². The summed E-state index contributed by atoms with van der Waals surface area (Å²) in [5, 5.41) is 16.9. The van der Waals surface area contributed by atoms with Crippen LogP contribution in [0.4, 0.5) is 17.2 Å². The number of nitrogens with one attached hydrogen (secondary N) is 2. The fourth-order valence-electron chi connectivity index (χ4n) is 2.48. The Balaban J connectivity index is 1.86. The van der Waals surface area contributed by atoms with Crippen molar-refractivity contribution in [1.29, 1.82) is 0 Å². The smallest absolute Gasteiger partial charge is 0.270 e. The van der Waals surface area contributed by atoms with Gasteiger partial charge in [0.1, 0.15) is 5.82 Å². The first-order valence-corrected chi connectivity index (χ1v) is 8.19. The summed E-state index contributed by atoms with van der Waals surface area (Å²) >= 11 is 0. The summed E-state index contributed by atoms with van der Waals surface area (Å²) in [6.07, 6.45) is 3.37. The lowest BCUT2D eigenvalue weighted by atomic mass is 10.1. The number of aromatic nitrogens is 2. The number of benzene rings is 1. The Morgan fingerprint density at radius 1 is 1.19 bits per heavy atom. The fraction of sp³-hybridized carbons (Fsp3) is 0.105. The number of nitro benzene ring substituents is 1. The van der Waals surface area contributed by atoms with Gasteiger partial charge in [0.05, 0.1) is 10.5 Å². The quantitative estimate of drug-likeness (QED) is 0.512. The summed E-state index contributed by atoms with van der Waals surface area (Å²) in [6.45, 7) is 2.23. The van der Waals surface area contributed by atoms with Gasteiger partial charge in [-0.05, 0) is 36.8 Å². The summed E-state index contributed by atoms with van der Waals surface area (Å²) in [4.78, 5) is 31.5. The van der Waals surface area contributed by atoms with Crippen molar-refractivity contribution < 1.29 is 9.72 Å². The van der Waals surface area contributed by atoms with E-state index in [-0.39, 0.29) is 11.3 Å². The first-order chi connectivity index (χ1) is 13.0. The van der Waals surface area contributed by atoms with Crippen LogP contribution in [0.25, 0.3) is 0 Å². The average Bonchev–Trinajstić information content (AvgIpc) is 2.67.